The Kier molecular flexibility index (Phi) is 6.17. The van der Waals surface area contributed by atoms with Crippen LogP contribution >= 0.6 is 0 Å². The van der Waals surface area contributed by atoms with Gasteiger partial charge in [-0.15, -0.1) is 0 Å². The van der Waals surface area contributed by atoms with E-state index in [1.54, 1.807) is 30.3 Å². The first-order valence-corrected chi connectivity index (χ1v) is 7.72. The van der Waals surface area contributed by atoms with E-state index in [0.29, 0.717) is 22.7 Å². The number of carbonyl (C=O) groups excluding carboxylic acids is 2. The van der Waals surface area contributed by atoms with Crippen molar-refractivity contribution in [3.63, 3.8) is 0 Å². The summed E-state index contributed by atoms with van der Waals surface area (Å²) in [5.74, 6) is -0.292. The molecule has 2 aromatic rings. The lowest BCUT2D eigenvalue weighted by Gasteiger charge is -2.14. The standard InChI is InChI=1S/C19H18N2O5/c1-12(18(22)21-15-6-4-13(11-20)5-7-15)26-19(23)14-8-16(24-2)10-17(9-14)25-3/h4-10,12H,1-3H3,(H,21,22)/t12-/m1/s1. The summed E-state index contributed by atoms with van der Waals surface area (Å²) in [6, 6.07) is 13.0. The van der Waals surface area contributed by atoms with Crippen LogP contribution in [-0.2, 0) is 9.53 Å². The molecule has 0 spiro atoms. The molecule has 2 aromatic carbocycles. The number of nitriles is 1. The topological polar surface area (TPSA) is 97.7 Å². The number of carbonyl (C=O) groups is 2. The Morgan fingerprint density at radius 3 is 2.12 bits per heavy atom. The molecule has 7 nitrogen and oxygen atoms in total. The number of hydrogen-bond acceptors (Lipinski definition) is 6. The van der Waals surface area contributed by atoms with Crippen LogP contribution in [-0.4, -0.2) is 32.2 Å². The molecule has 134 valence electrons. The molecule has 0 saturated carbocycles. The van der Waals surface area contributed by atoms with E-state index in [0.717, 1.165) is 0 Å². The fraction of sp³-hybridized carbons (Fsp3) is 0.211. The lowest BCUT2D eigenvalue weighted by molar-refractivity contribution is -0.123. The quantitative estimate of drug-likeness (QED) is 0.801. The van der Waals surface area contributed by atoms with Crippen LogP contribution in [0.15, 0.2) is 42.5 Å². The first-order valence-electron chi connectivity index (χ1n) is 7.72. The zero-order valence-corrected chi connectivity index (χ0v) is 14.6. The first kappa shape index (κ1) is 18.8. The van der Waals surface area contributed by atoms with Gasteiger partial charge in [0, 0.05) is 11.8 Å². The van der Waals surface area contributed by atoms with Crippen LogP contribution in [0.5, 0.6) is 11.5 Å². The molecule has 0 aliphatic heterocycles. The van der Waals surface area contributed by atoms with E-state index in [9.17, 15) is 9.59 Å². The van der Waals surface area contributed by atoms with Gasteiger partial charge in [-0.25, -0.2) is 4.79 Å². The number of amides is 1. The Morgan fingerprint density at radius 2 is 1.62 bits per heavy atom. The third-order valence-corrected chi connectivity index (χ3v) is 3.52. The first-order chi connectivity index (χ1) is 12.5. The Hall–Kier alpha value is -3.53. The number of ether oxygens (including phenoxy) is 3. The van der Waals surface area contributed by atoms with Gasteiger partial charge in [0.2, 0.25) is 0 Å². The normalized spacial score (nSPS) is 11.0. The van der Waals surface area contributed by atoms with Gasteiger partial charge in [-0.2, -0.15) is 5.26 Å². The number of methoxy groups -OCH3 is 2. The van der Waals surface area contributed by atoms with Crippen molar-refractivity contribution in [2.45, 2.75) is 13.0 Å². The van der Waals surface area contributed by atoms with E-state index in [4.69, 9.17) is 19.5 Å². The summed E-state index contributed by atoms with van der Waals surface area (Å²) in [6.45, 7) is 1.47. The molecule has 7 heteroatoms. The van der Waals surface area contributed by atoms with Crippen molar-refractivity contribution in [1.29, 1.82) is 5.26 Å². The average molecular weight is 354 g/mol. The SMILES string of the molecule is COc1cc(OC)cc(C(=O)O[C@H](C)C(=O)Nc2ccc(C#N)cc2)c1. The van der Waals surface area contributed by atoms with Gasteiger partial charge in [-0.1, -0.05) is 0 Å². The molecule has 0 aliphatic carbocycles. The van der Waals surface area contributed by atoms with Gasteiger partial charge in [0.25, 0.3) is 5.91 Å². The van der Waals surface area contributed by atoms with Crippen molar-refractivity contribution in [2.75, 3.05) is 19.5 Å². The van der Waals surface area contributed by atoms with Crippen LogP contribution in [0.2, 0.25) is 0 Å². The van der Waals surface area contributed by atoms with Gasteiger partial charge in [-0.05, 0) is 43.3 Å². The summed E-state index contributed by atoms with van der Waals surface area (Å²) in [4.78, 5) is 24.5. The maximum atomic E-state index is 12.3. The summed E-state index contributed by atoms with van der Waals surface area (Å²) in [5.41, 5.74) is 1.19. The maximum absolute atomic E-state index is 12.3. The summed E-state index contributed by atoms with van der Waals surface area (Å²) in [7, 11) is 2.94. The molecule has 0 aromatic heterocycles. The lowest BCUT2D eigenvalue weighted by atomic mass is 10.2. The molecule has 1 amide bonds. The molecule has 0 bridgehead atoms. The minimum absolute atomic E-state index is 0.208. The Morgan fingerprint density at radius 1 is 1.04 bits per heavy atom. The monoisotopic (exact) mass is 354 g/mol. The highest BCUT2D eigenvalue weighted by atomic mass is 16.5. The van der Waals surface area contributed by atoms with Crippen molar-refractivity contribution in [2.24, 2.45) is 0 Å². The van der Waals surface area contributed by atoms with Gasteiger partial charge in [0.1, 0.15) is 11.5 Å². The molecule has 0 radical (unpaired) electrons. The molecule has 0 saturated heterocycles. The minimum atomic E-state index is -1.02. The van der Waals surface area contributed by atoms with Crippen LogP contribution in [0, 0.1) is 11.3 Å². The second kappa shape index (κ2) is 8.53. The number of rotatable bonds is 6. The van der Waals surface area contributed by atoms with Gasteiger partial charge >= 0.3 is 5.97 Å². The fourth-order valence-electron chi connectivity index (χ4n) is 2.08. The van der Waals surface area contributed by atoms with Crippen LogP contribution in [0.1, 0.15) is 22.8 Å². The predicted molar refractivity (Wildman–Crippen MR) is 94.2 cm³/mol. The number of nitrogens with zero attached hydrogens (tertiary/aromatic N) is 1. The molecule has 0 heterocycles. The third-order valence-electron chi connectivity index (χ3n) is 3.52. The van der Waals surface area contributed by atoms with E-state index < -0.39 is 18.0 Å². The number of benzene rings is 2. The van der Waals surface area contributed by atoms with Crippen molar-refractivity contribution >= 4 is 17.6 Å². The predicted octanol–water partition coefficient (Wildman–Crippen LogP) is 2.76. The highest BCUT2D eigenvalue weighted by Gasteiger charge is 2.20. The zero-order chi connectivity index (χ0) is 19.1. The van der Waals surface area contributed by atoms with E-state index in [2.05, 4.69) is 5.32 Å². The number of anilines is 1. The lowest BCUT2D eigenvalue weighted by Crippen LogP contribution is -2.30. The summed E-state index contributed by atoms with van der Waals surface area (Å²) < 4.78 is 15.4. The highest BCUT2D eigenvalue weighted by molar-refractivity contribution is 5.97. The van der Waals surface area contributed by atoms with E-state index in [1.165, 1.54) is 33.3 Å². The Labute approximate surface area is 151 Å². The van der Waals surface area contributed by atoms with Gasteiger partial charge in [0.15, 0.2) is 6.10 Å². The summed E-state index contributed by atoms with van der Waals surface area (Å²) in [6.07, 6.45) is -1.02. The fourth-order valence-corrected chi connectivity index (χ4v) is 2.08. The minimum Gasteiger partial charge on any atom is -0.497 e. The maximum Gasteiger partial charge on any atom is 0.339 e. The molecular formula is C19H18N2O5. The van der Waals surface area contributed by atoms with Crippen LogP contribution < -0.4 is 14.8 Å². The van der Waals surface area contributed by atoms with Crippen LogP contribution in [0.3, 0.4) is 0 Å². The molecule has 26 heavy (non-hydrogen) atoms. The van der Waals surface area contributed by atoms with E-state index >= 15 is 0 Å². The highest BCUT2D eigenvalue weighted by Crippen LogP contribution is 2.23. The van der Waals surface area contributed by atoms with Crippen molar-refractivity contribution in [1.82, 2.24) is 0 Å². The summed E-state index contributed by atoms with van der Waals surface area (Å²) >= 11 is 0. The largest absolute Gasteiger partial charge is 0.497 e. The van der Waals surface area contributed by atoms with Gasteiger partial charge in [-0.3, -0.25) is 4.79 Å². The summed E-state index contributed by atoms with van der Waals surface area (Å²) in [5, 5.41) is 11.4. The molecule has 0 aliphatic rings. The van der Waals surface area contributed by atoms with Crippen LogP contribution in [0.4, 0.5) is 5.69 Å². The molecule has 1 N–H and O–H groups in total. The Balaban J connectivity index is 2.03. The smallest absolute Gasteiger partial charge is 0.339 e. The van der Waals surface area contributed by atoms with Gasteiger partial charge in [0.05, 0.1) is 31.4 Å². The average Bonchev–Trinajstić information content (AvgIpc) is 2.67. The van der Waals surface area contributed by atoms with Crippen molar-refractivity contribution in [3.8, 4) is 17.6 Å². The number of esters is 1. The molecular weight excluding hydrogens is 336 g/mol. The Bertz CT molecular complexity index is 818. The molecule has 0 unspecified atom stereocenters. The molecule has 1 atom stereocenters. The van der Waals surface area contributed by atoms with Crippen LogP contribution in [0.25, 0.3) is 0 Å². The zero-order valence-electron chi connectivity index (χ0n) is 14.6. The second-order valence-corrected chi connectivity index (χ2v) is 5.33. The van der Waals surface area contributed by atoms with E-state index in [1.807, 2.05) is 6.07 Å². The van der Waals surface area contributed by atoms with E-state index in [-0.39, 0.29) is 5.56 Å². The van der Waals surface area contributed by atoms with Crippen molar-refractivity contribution < 1.29 is 23.8 Å². The third kappa shape index (κ3) is 4.74. The number of hydrogen-bond donors (Lipinski definition) is 1. The van der Waals surface area contributed by atoms with Gasteiger partial charge < -0.3 is 19.5 Å². The molecule has 0 fully saturated rings. The van der Waals surface area contributed by atoms with Crippen molar-refractivity contribution in [3.05, 3.63) is 53.6 Å². The second-order valence-electron chi connectivity index (χ2n) is 5.33. The number of nitrogens with one attached hydrogen (secondary N) is 1. The molecule has 2 rings (SSSR count).